The normalized spacial score (nSPS) is 11.7. The Hall–Kier alpha value is -3.95. The van der Waals surface area contributed by atoms with Gasteiger partial charge in [0, 0.05) is 39.4 Å². The van der Waals surface area contributed by atoms with E-state index in [0.717, 1.165) is 5.56 Å². The largest absolute Gasteiger partial charge is 0.496 e. The SMILES string of the molecule is COc1cc(-c2ccc(Cl)c(C)c2)c(F)cc1-c1c[nH]c(=O)c2cc(S(=O)(=O)Cc3ccon3)ccc12. The number of rotatable bonds is 6. The third-order valence-corrected chi connectivity index (χ3v) is 8.18. The Kier molecular flexibility index (Phi) is 6.35. The zero-order chi connectivity index (χ0) is 26.3. The maximum atomic E-state index is 15.4. The smallest absolute Gasteiger partial charge is 0.255 e. The van der Waals surface area contributed by atoms with E-state index in [1.165, 1.54) is 49.9 Å². The van der Waals surface area contributed by atoms with E-state index in [0.29, 0.717) is 38.4 Å². The van der Waals surface area contributed by atoms with E-state index >= 15 is 4.39 Å². The van der Waals surface area contributed by atoms with E-state index in [1.54, 1.807) is 24.3 Å². The maximum absolute atomic E-state index is 15.4. The number of sulfone groups is 1. The van der Waals surface area contributed by atoms with E-state index in [2.05, 4.69) is 10.1 Å². The van der Waals surface area contributed by atoms with Crippen molar-refractivity contribution in [1.82, 2.24) is 10.1 Å². The molecule has 0 bridgehead atoms. The van der Waals surface area contributed by atoms with E-state index in [9.17, 15) is 13.2 Å². The molecule has 2 heterocycles. The van der Waals surface area contributed by atoms with Crippen LogP contribution in [0.15, 0.2) is 81.3 Å². The number of halogens is 2. The van der Waals surface area contributed by atoms with Crippen LogP contribution in [-0.2, 0) is 15.6 Å². The molecule has 2 aromatic heterocycles. The number of aryl methyl sites for hydroxylation is 1. The van der Waals surface area contributed by atoms with Crippen molar-refractivity contribution in [1.29, 1.82) is 0 Å². The highest BCUT2D eigenvalue weighted by Crippen LogP contribution is 2.39. The van der Waals surface area contributed by atoms with Gasteiger partial charge in [-0.25, -0.2) is 12.8 Å². The number of nitrogens with zero attached hydrogens (tertiary/aromatic N) is 1. The second-order valence-electron chi connectivity index (χ2n) is 8.49. The maximum Gasteiger partial charge on any atom is 0.255 e. The average molecular weight is 539 g/mol. The zero-order valence-electron chi connectivity index (χ0n) is 19.7. The topological polar surface area (TPSA) is 102 Å². The Labute approximate surface area is 216 Å². The molecule has 1 N–H and O–H groups in total. The second kappa shape index (κ2) is 9.49. The summed E-state index contributed by atoms with van der Waals surface area (Å²) in [6.07, 6.45) is 2.74. The molecular weight excluding hydrogens is 519 g/mol. The van der Waals surface area contributed by atoms with Crippen LogP contribution in [0.4, 0.5) is 4.39 Å². The molecule has 188 valence electrons. The molecular formula is C27H20ClFN2O5S. The summed E-state index contributed by atoms with van der Waals surface area (Å²) in [5, 5.41) is 4.81. The van der Waals surface area contributed by atoms with Crippen LogP contribution in [0.25, 0.3) is 33.0 Å². The molecule has 0 saturated heterocycles. The number of aromatic amines is 1. The molecule has 5 rings (SSSR count). The number of ether oxygens (including phenoxy) is 1. The minimum absolute atomic E-state index is 0.0442. The number of benzene rings is 3. The number of methoxy groups -OCH3 is 1. The van der Waals surface area contributed by atoms with Crippen LogP contribution in [-0.4, -0.2) is 25.7 Å². The van der Waals surface area contributed by atoms with E-state index in [1.807, 2.05) is 6.92 Å². The Morgan fingerprint density at radius 1 is 1.03 bits per heavy atom. The van der Waals surface area contributed by atoms with Gasteiger partial charge >= 0.3 is 0 Å². The molecule has 0 unspecified atom stereocenters. The summed E-state index contributed by atoms with van der Waals surface area (Å²) in [6, 6.07) is 13.8. The molecule has 5 aromatic rings. The molecule has 0 amide bonds. The van der Waals surface area contributed by atoms with Gasteiger partial charge in [-0.1, -0.05) is 28.9 Å². The van der Waals surface area contributed by atoms with Gasteiger partial charge in [0.25, 0.3) is 5.56 Å². The molecule has 37 heavy (non-hydrogen) atoms. The fraction of sp³-hybridized carbons (Fsp3) is 0.111. The van der Waals surface area contributed by atoms with E-state index < -0.39 is 21.2 Å². The number of fused-ring (bicyclic) bond motifs is 1. The minimum atomic E-state index is -3.80. The summed E-state index contributed by atoms with van der Waals surface area (Å²) in [5.41, 5.74) is 2.41. The van der Waals surface area contributed by atoms with Gasteiger partial charge < -0.3 is 14.2 Å². The summed E-state index contributed by atoms with van der Waals surface area (Å²) >= 11 is 6.12. The standard InChI is InChI=1S/C27H20ClFN2O5S/c1-15-9-16(3-6-24(15)28)20-12-26(35-2)21(11-25(20)29)23-13-30-27(32)22-10-18(4-5-19(22)23)37(33,34)14-17-7-8-36-31-17/h3-13H,14H2,1-2H3,(H,30,32). The number of hydrogen-bond donors (Lipinski definition) is 1. The number of aromatic nitrogens is 2. The van der Waals surface area contributed by atoms with Gasteiger partial charge in [-0.05, 0) is 59.8 Å². The van der Waals surface area contributed by atoms with Crippen molar-refractivity contribution in [2.45, 2.75) is 17.6 Å². The fourth-order valence-corrected chi connectivity index (χ4v) is 5.61. The van der Waals surface area contributed by atoms with Crippen molar-refractivity contribution in [3.05, 3.63) is 99.5 Å². The summed E-state index contributed by atoms with van der Waals surface area (Å²) in [5.74, 6) is -0.499. The molecule has 0 aliphatic carbocycles. The number of hydrogen-bond acceptors (Lipinski definition) is 6. The molecule has 0 radical (unpaired) electrons. The highest BCUT2D eigenvalue weighted by molar-refractivity contribution is 7.90. The van der Waals surface area contributed by atoms with Gasteiger partial charge in [0.1, 0.15) is 23.6 Å². The molecule has 7 nitrogen and oxygen atoms in total. The van der Waals surface area contributed by atoms with Crippen LogP contribution in [0, 0.1) is 12.7 Å². The Bertz CT molecular complexity index is 1820. The Balaban J connectivity index is 1.64. The molecule has 3 aromatic carbocycles. The summed E-state index contributed by atoms with van der Waals surface area (Å²) < 4.78 is 51.5. The fourth-order valence-electron chi connectivity index (χ4n) is 4.21. The lowest BCUT2D eigenvalue weighted by Gasteiger charge is -2.15. The molecule has 0 aliphatic rings. The van der Waals surface area contributed by atoms with Crippen molar-refractivity contribution >= 4 is 32.2 Å². The van der Waals surface area contributed by atoms with Crippen molar-refractivity contribution < 1.29 is 22.1 Å². The van der Waals surface area contributed by atoms with Gasteiger partial charge in [0.05, 0.1) is 17.7 Å². The first-order valence-electron chi connectivity index (χ1n) is 11.1. The van der Waals surface area contributed by atoms with Crippen molar-refractivity contribution in [2.24, 2.45) is 0 Å². The minimum Gasteiger partial charge on any atom is -0.496 e. The second-order valence-corrected chi connectivity index (χ2v) is 10.9. The Morgan fingerprint density at radius 3 is 2.54 bits per heavy atom. The third kappa shape index (κ3) is 4.63. The lowest BCUT2D eigenvalue weighted by Crippen LogP contribution is -2.10. The van der Waals surface area contributed by atoms with Gasteiger partial charge in [-0.15, -0.1) is 0 Å². The number of pyridine rings is 1. The average Bonchev–Trinajstić information content (AvgIpc) is 3.38. The lowest BCUT2D eigenvalue weighted by atomic mass is 9.95. The van der Waals surface area contributed by atoms with Gasteiger partial charge in [0.2, 0.25) is 0 Å². The van der Waals surface area contributed by atoms with Crippen LogP contribution in [0.1, 0.15) is 11.3 Å². The lowest BCUT2D eigenvalue weighted by molar-refractivity contribution is 0.413. The van der Waals surface area contributed by atoms with Crippen LogP contribution in [0.2, 0.25) is 5.02 Å². The predicted octanol–water partition coefficient (Wildman–Crippen LogP) is 5.93. The quantitative estimate of drug-likeness (QED) is 0.287. The number of nitrogens with one attached hydrogen (secondary N) is 1. The molecule has 10 heteroatoms. The summed E-state index contributed by atoms with van der Waals surface area (Å²) in [7, 11) is -2.33. The van der Waals surface area contributed by atoms with Crippen LogP contribution < -0.4 is 10.3 Å². The molecule has 0 aliphatic heterocycles. The van der Waals surface area contributed by atoms with Crippen molar-refractivity contribution in [2.75, 3.05) is 7.11 Å². The van der Waals surface area contributed by atoms with Gasteiger partial charge in [-0.3, -0.25) is 4.79 Å². The monoisotopic (exact) mass is 538 g/mol. The third-order valence-electron chi connectivity index (χ3n) is 6.11. The first kappa shape index (κ1) is 24.7. The van der Waals surface area contributed by atoms with E-state index in [4.69, 9.17) is 20.9 Å². The first-order valence-corrected chi connectivity index (χ1v) is 13.1. The van der Waals surface area contributed by atoms with Crippen LogP contribution in [0.5, 0.6) is 5.75 Å². The predicted molar refractivity (Wildman–Crippen MR) is 139 cm³/mol. The summed E-state index contributed by atoms with van der Waals surface area (Å²) in [6.45, 7) is 1.84. The van der Waals surface area contributed by atoms with Gasteiger partial charge in [0.15, 0.2) is 9.84 Å². The zero-order valence-corrected chi connectivity index (χ0v) is 21.3. The molecule has 0 atom stereocenters. The summed E-state index contributed by atoms with van der Waals surface area (Å²) in [4.78, 5) is 15.3. The molecule has 0 spiro atoms. The Morgan fingerprint density at radius 2 is 1.84 bits per heavy atom. The van der Waals surface area contributed by atoms with Crippen molar-refractivity contribution in [3.63, 3.8) is 0 Å². The van der Waals surface area contributed by atoms with Crippen LogP contribution >= 0.6 is 11.6 Å². The van der Waals surface area contributed by atoms with Crippen LogP contribution in [0.3, 0.4) is 0 Å². The highest BCUT2D eigenvalue weighted by Gasteiger charge is 2.21. The highest BCUT2D eigenvalue weighted by atomic mass is 35.5. The van der Waals surface area contributed by atoms with E-state index in [-0.39, 0.29) is 21.7 Å². The molecule has 0 saturated carbocycles. The number of H-pyrrole nitrogens is 1. The first-order chi connectivity index (χ1) is 17.7. The van der Waals surface area contributed by atoms with Crippen molar-refractivity contribution in [3.8, 4) is 28.0 Å². The molecule has 0 fully saturated rings. The van der Waals surface area contributed by atoms with Gasteiger partial charge in [-0.2, -0.15) is 0 Å².